The zero-order chi connectivity index (χ0) is 12.4. The van der Waals surface area contributed by atoms with Gasteiger partial charge in [0.05, 0.1) is 0 Å². The number of carbonyl (C=O) groups excluding carboxylic acids is 1. The van der Waals surface area contributed by atoms with Crippen molar-refractivity contribution in [2.24, 2.45) is 0 Å². The second-order valence-corrected chi connectivity index (χ2v) is 4.63. The standard InChI is InChI=1S/C12H17NO4/c1-8-3-2-6-13(7-8)11(14)9-4-5-10(17-9)12(15)16/h3,9-10H,2,4-7H2,1H3,(H,15,16)/t9-,10+/m0/s1. The maximum absolute atomic E-state index is 12.1. The van der Waals surface area contributed by atoms with Gasteiger partial charge < -0.3 is 14.7 Å². The predicted molar refractivity (Wildman–Crippen MR) is 60.5 cm³/mol. The van der Waals surface area contributed by atoms with Crippen LogP contribution in [0.25, 0.3) is 0 Å². The highest BCUT2D eigenvalue weighted by atomic mass is 16.5. The fraction of sp³-hybridized carbons (Fsp3) is 0.667. The summed E-state index contributed by atoms with van der Waals surface area (Å²) in [5.41, 5.74) is 1.18. The Morgan fingerprint density at radius 3 is 2.71 bits per heavy atom. The van der Waals surface area contributed by atoms with E-state index in [0.29, 0.717) is 25.9 Å². The summed E-state index contributed by atoms with van der Waals surface area (Å²) in [6, 6.07) is 0. The van der Waals surface area contributed by atoms with Gasteiger partial charge >= 0.3 is 5.97 Å². The van der Waals surface area contributed by atoms with Gasteiger partial charge in [-0.2, -0.15) is 0 Å². The number of hydrogen-bond acceptors (Lipinski definition) is 3. The monoisotopic (exact) mass is 239 g/mol. The average Bonchev–Trinajstić information content (AvgIpc) is 2.77. The summed E-state index contributed by atoms with van der Waals surface area (Å²) < 4.78 is 5.26. The molecular formula is C12H17NO4. The molecular weight excluding hydrogens is 222 g/mol. The molecule has 94 valence electrons. The van der Waals surface area contributed by atoms with Gasteiger partial charge in [-0.1, -0.05) is 11.6 Å². The molecule has 0 unspecified atom stereocenters. The van der Waals surface area contributed by atoms with Crippen LogP contribution in [0.4, 0.5) is 0 Å². The molecule has 5 heteroatoms. The molecule has 2 rings (SSSR count). The number of aliphatic carboxylic acids is 1. The number of carboxylic acids is 1. The summed E-state index contributed by atoms with van der Waals surface area (Å²) in [7, 11) is 0. The largest absolute Gasteiger partial charge is 0.479 e. The van der Waals surface area contributed by atoms with Crippen LogP contribution < -0.4 is 0 Å². The van der Waals surface area contributed by atoms with Crippen molar-refractivity contribution in [3.8, 4) is 0 Å². The molecule has 1 saturated heterocycles. The normalized spacial score (nSPS) is 29.0. The number of carboxylic acid groups (broad SMARTS) is 1. The third kappa shape index (κ3) is 2.66. The van der Waals surface area contributed by atoms with Crippen molar-refractivity contribution in [1.29, 1.82) is 0 Å². The van der Waals surface area contributed by atoms with E-state index in [9.17, 15) is 9.59 Å². The molecule has 0 radical (unpaired) electrons. The summed E-state index contributed by atoms with van der Waals surface area (Å²) in [5.74, 6) is -1.05. The van der Waals surface area contributed by atoms with Crippen LogP contribution in [0.1, 0.15) is 26.2 Å². The van der Waals surface area contributed by atoms with Gasteiger partial charge in [-0.25, -0.2) is 4.79 Å². The van der Waals surface area contributed by atoms with Crippen molar-refractivity contribution >= 4 is 11.9 Å². The van der Waals surface area contributed by atoms with Crippen molar-refractivity contribution in [1.82, 2.24) is 4.90 Å². The zero-order valence-electron chi connectivity index (χ0n) is 9.89. The van der Waals surface area contributed by atoms with E-state index in [-0.39, 0.29) is 5.91 Å². The first-order chi connectivity index (χ1) is 8.08. The molecule has 2 atom stereocenters. The molecule has 1 fully saturated rings. The third-order valence-corrected chi connectivity index (χ3v) is 3.21. The quantitative estimate of drug-likeness (QED) is 0.724. The van der Waals surface area contributed by atoms with Crippen LogP contribution in [-0.4, -0.2) is 47.2 Å². The van der Waals surface area contributed by atoms with E-state index in [1.165, 1.54) is 5.57 Å². The zero-order valence-corrected chi connectivity index (χ0v) is 9.89. The molecule has 5 nitrogen and oxygen atoms in total. The van der Waals surface area contributed by atoms with Crippen molar-refractivity contribution in [3.63, 3.8) is 0 Å². The van der Waals surface area contributed by atoms with Gasteiger partial charge in [0.15, 0.2) is 6.10 Å². The lowest BCUT2D eigenvalue weighted by Gasteiger charge is -2.28. The molecule has 0 aromatic carbocycles. The molecule has 0 saturated carbocycles. The minimum atomic E-state index is -0.977. The van der Waals surface area contributed by atoms with Crippen LogP contribution in [0.15, 0.2) is 11.6 Å². The number of hydrogen-bond donors (Lipinski definition) is 1. The predicted octanol–water partition coefficient (Wildman–Crippen LogP) is 0.797. The van der Waals surface area contributed by atoms with Crippen LogP contribution in [0, 0.1) is 0 Å². The minimum absolute atomic E-state index is 0.0683. The molecule has 0 aliphatic carbocycles. The summed E-state index contributed by atoms with van der Waals surface area (Å²) in [6.45, 7) is 3.33. The molecule has 0 aromatic rings. The molecule has 0 bridgehead atoms. The molecule has 2 aliphatic heterocycles. The Morgan fingerprint density at radius 1 is 1.41 bits per heavy atom. The Hall–Kier alpha value is -1.36. The van der Waals surface area contributed by atoms with E-state index in [2.05, 4.69) is 6.08 Å². The van der Waals surface area contributed by atoms with Crippen molar-refractivity contribution in [2.45, 2.75) is 38.4 Å². The number of ether oxygens (including phenoxy) is 1. The first-order valence-electron chi connectivity index (χ1n) is 5.90. The second kappa shape index (κ2) is 4.87. The summed E-state index contributed by atoms with van der Waals surface area (Å²) in [6.07, 6.45) is 2.54. The van der Waals surface area contributed by atoms with E-state index in [0.717, 1.165) is 6.42 Å². The fourth-order valence-electron chi connectivity index (χ4n) is 2.30. The van der Waals surface area contributed by atoms with Crippen LogP contribution in [0.3, 0.4) is 0 Å². The maximum atomic E-state index is 12.1. The van der Waals surface area contributed by atoms with Crippen molar-refractivity contribution in [2.75, 3.05) is 13.1 Å². The number of nitrogens with zero attached hydrogens (tertiary/aromatic N) is 1. The van der Waals surface area contributed by atoms with E-state index < -0.39 is 18.2 Å². The fourth-order valence-corrected chi connectivity index (χ4v) is 2.30. The van der Waals surface area contributed by atoms with Gasteiger partial charge in [-0.3, -0.25) is 4.79 Å². The summed E-state index contributed by atoms with van der Waals surface area (Å²) in [5, 5.41) is 8.81. The van der Waals surface area contributed by atoms with Gasteiger partial charge in [0, 0.05) is 13.1 Å². The Bertz CT molecular complexity index is 364. The van der Waals surface area contributed by atoms with Gasteiger partial charge in [-0.15, -0.1) is 0 Å². The van der Waals surface area contributed by atoms with Gasteiger partial charge in [0.2, 0.25) is 0 Å². The SMILES string of the molecule is CC1=CCCN(C(=O)[C@@H]2CC[C@H](C(=O)O)O2)C1. The van der Waals surface area contributed by atoms with Crippen LogP contribution in [0.5, 0.6) is 0 Å². The van der Waals surface area contributed by atoms with E-state index >= 15 is 0 Å². The molecule has 1 amide bonds. The minimum Gasteiger partial charge on any atom is -0.479 e. The lowest BCUT2D eigenvalue weighted by molar-refractivity contribution is -0.154. The molecule has 0 spiro atoms. The smallest absolute Gasteiger partial charge is 0.332 e. The van der Waals surface area contributed by atoms with E-state index in [1.54, 1.807) is 4.90 Å². The summed E-state index contributed by atoms with van der Waals surface area (Å²) >= 11 is 0. The van der Waals surface area contributed by atoms with Gasteiger partial charge in [-0.05, 0) is 26.2 Å². The van der Waals surface area contributed by atoms with E-state index in [4.69, 9.17) is 9.84 Å². The van der Waals surface area contributed by atoms with Crippen molar-refractivity contribution in [3.05, 3.63) is 11.6 Å². The highest BCUT2D eigenvalue weighted by Gasteiger charge is 2.36. The molecule has 2 aliphatic rings. The first kappa shape index (κ1) is 12.1. The molecule has 0 aromatic heterocycles. The molecule has 1 N–H and O–H groups in total. The number of carbonyl (C=O) groups is 2. The molecule has 2 heterocycles. The average molecular weight is 239 g/mol. The van der Waals surface area contributed by atoms with Gasteiger partial charge in [0.1, 0.15) is 6.10 Å². The van der Waals surface area contributed by atoms with Crippen LogP contribution in [-0.2, 0) is 14.3 Å². The lowest BCUT2D eigenvalue weighted by atomic mass is 10.1. The van der Waals surface area contributed by atoms with Crippen LogP contribution >= 0.6 is 0 Å². The maximum Gasteiger partial charge on any atom is 0.332 e. The first-order valence-corrected chi connectivity index (χ1v) is 5.90. The van der Waals surface area contributed by atoms with E-state index in [1.807, 2.05) is 6.92 Å². The Balaban J connectivity index is 1.93. The second-order valence-electron chi connectivity index (χ2n) is 4.63. The highest BCUT2D eigenvalue weighted by molar-refractivity contribution is 5.83. The lowest BCUT2D eigenvalue weighted by Crippen LogP contribution is -2.42. The Kier molecular flexibility index (Phi) is 3.47. The third-order valence-electron chi connectivity index (χ3n) is 3.21. The van der Waals surface area contributed by atoms with Crippen molar-refractivity contribution < 1.29 is 19.4 Å². The Morgan fingerprint density at radius 2 is 2.12 bits per heavy atom. The number of rotatable bonds is 2. The van der Waals surface area contributed by atoms with Crippen LogP contribution in [0.2, 0.25) is 0 Å². The highest BCUT2D eigenvalue weighted by Crippen LogP contribution is 2.23. The summed E-state index contributed by atoms with van der Waals surface area (Å²) in [4.78, 5) is 24.6. The topological polar surface area (TPSA) is 66.8 Å². The molecule has 17 heavy (non-hydrogen) atoms. The number of amides is 1. The Labute approximate surface area is 100 Å². The van der Waals surface area contributed by atoms with Gasteiger partial charge in [0.25, 0.3) is 5.91 Å².